The number of amides is 1. The van der Waals surface area contributed by atoms with Crippen molar-refractivity contribution in [1.82, 2.24) is 14.9 Å². The van der Waals surface area contributed by atoms with Crippen molar-refractivity contribution < 1.29 is 13.2 Å². The molecule has 0 saturated carbocycles. The third-order valence-corrected chi connectivity index (χ3v) is 7.81. The van der Waals surface area contributed by atoms with Crippen molar-refractivity contribution in [2.75, 3.05) is 10.8 Å². The Labute approximate surface area is 198 Å². The van der Waals surface area contributed by atoms with Crippen molar-refractivity contribution in [2.24, 2.45) is 0 Å². The number of hydrogen-bond acceptors (Lipinski definition) is 4. The van der Waals surface area contributed by atoms with Crippen LogP contribution in [-0.2, 0) is 29.5 Å². The number of fused-ring (bicyclic) bond motifs is 1. The Morgan fingerprint density at radius 3 is 2.59 bits per heavy atom. The lowest BCUT2D eigenvalue weighted by Gasteiger charge is -2.20. The number of para-hydroxylation sites is 1. The number of rotatable bonds is 7. The average Bonchev–Trinajstić information content (AvgIpc) is 3.53. The van der Waals surface area contributed by atoms with E-state index in [0.29, 0.717) is 37.3 Å². The van der Waals surface area contributed by atoms with Gasteiger partial charge in [0.2, 0.25) is 0 Å². The molecule has 7 nitrogen and oxygen atoms in total. The van der Waals surface area contributed by atoms with Crippen LogP contribution in [0.2, 0.25) is 0 Å². The maximum atomic E-state index is 13.3. The van der Waals surface area contributed by atoms with Crippen molar-refractivity contribution in [2.45, 2.75) is 24.4 Å². The van der Waals surface area contributed by atoms with Crippen molar-refractivity contribution in [3.05, 3.63) is 114 Å². The highest BCUT2D eigenvalue weighted by molar-refractivity contribution is 7.92. The molecule has 0 spiro atoms. The van der Waals surface area contributed by atoms with Gasteiger partial charge < -0.3 is 9.88 Å². The minimum Gasteiger partial charge on any atom is -0.348 e. The number of hydrogen-bond donors (Lipinski definition) is 1. The van der Waals surface area contributed by atoms with Crippen LogP contribution in [0.3, 0.4) is 0 Å². The molecule has 0 aliphatic carbocycles. The van der Waals surface area contributed by atoms with E-state index in [2.05, 4.69) is 10.3 Å². The number of nitrogens with one attached hydrogen (secondary N) is 1. The number of sulfonamides is 1. The van der Waals surface area contributed by atoms with Crippen LogP contribution in [0.5, 0.6) is 0 Å². The topological polar surface area (TPSA) is 84.3 Å². The molecule has 1 aliphatic heterocycles. The summed E-state index contributed by atoms with van der Waals surface area (Å²) >= 11 is 0. The molecule has 0 bridgehead atoms. The van der Waals surface area contributed by atoms with E-state index in [0.717, 1.165) is 16.7 Å². The van der Waals surface area contributed by atoms with Crippen molar-refractivity contribution in [1.29, 1.82) is 0 Å². The fourth-order valence-electron chi connectivity index (χ4n) is 4.22. The molecule has 0 unspecified atom stereocenters. The summed E-state index contributed by atoms with van der Waals surface area (Å²) in [6.45, 7) is 1.38. The largest absolute Gasteiger partial charge is 0.348 e. The van der Waals surface area contributed by atoms with Crippen LogP contribution >= 0.6 is 0 Å². The van der Waals surface area contributed by atoms with Gasteiger partial charge in [0.05, 0.1) is 16.9 Å². The van der Waals surface area contributed by atoms with Crippen LogP contribution in [0, 0.1) is 0 Å². The molecular weight excluding hydrogens is 448 g/mol. The summed E-state index contributed by atoms with van der Waals surface area (Å²) in [6.07, 6.45) is 6.04. The molecule has 1 aromatic heterocycles. The predicted octanol–water partition coefficient (Wildman–Crippen LogP) is 3.61. The Bertz CT molecular complexity index is 1430. The van der Waals surface area contributed by atoms with Crippen LogP contribution in [0.25, 0.3) is 0 Å². The molecule has 0 fully saturated rings. The van der Waals surface area contributed by atoms with Gasteiger partial charge in [-0.25, -0.2) is 13.4 Å². The van der Waals surface area contributed by atoms with Gasteiger partial charge in [0.1, 0.15) is 0 Å². The fraction of sp³-hybridized carbons (Fsp3) is 0.154. The summed E-state index contributed by atoms with van der Waals surface area (Å²) in [4.78, 5) is 17.1. The number of nitrogens with zero attached hydrogens (tertiary/aromatic N) is 3. The van der Waals surface area contributed by atoms with E-state index in [-0.39, 0.29) is 10.8 Å². The minimum absolute atomic E-state index is 0.109. The average molecular weight is 473 g/mol. The molecule has 5 rings (SSSR count). The van der Waals surface area contributed by atoms with E-state index in [4.69, 9.17) is 0 Å². The lowest BCUT2D eigenvalue weighted by Crippen LogP contribution is -2.29. The molecule has 4 aromatic rings. The summed E-state index contributed by atoms with van der Waals surface area (Å²) < 4.78 is 30.1. The molecule has 1 N–H and O–H groups in total. The first-order valence-corrected chi connectivity index (χ1v) is 12.5. The second kappa shape index (κ2) is 9.15. The molecular formula is C26H24N4O3S. The molecule has 0 atom stereocenters. The van der Waals surface area contributed by atoms with Crippen LogP contribution in [0.1, 0.15) is 27.0 Å². The first-order chi connectivity index (χ1) is 16.5. The Morgan fingerprint density at radius 1 is 0.971 bits per heavy atom. The number of benzene rings is 3. The number of anilines is 1. The summed E-state index contributed by atoms with van der Waals surface area (Å²) in [5, 5.41) is 2.93. The Hall–Kier alpha value is -3.91. The minimum atomic E-state index is -3.77. The SMILES string of the molecule is O=C(NCc1ccccc1Cn1ccnc1)c1cccc(S(=O)(=O)N2CCc3ccccc32)c1. The number of carbonyl (C=O) groups excluding carboxylic acids is 1. The van der Waals surface area contributed by atoms with Gasteiger partial charge in [-0.3, -0.25) is 9.10 Å². The summed E-state index contributed by atoms with van der Waals surface area (Å²) in [7, 11) is -3.77. The zero-order chi connectivity index (χ0) is 23.5. The van der Waals surface area contributed by atoms with E-state index < -0.39 is 10.0 Å². The summed E-state index contributed by atoms with van der Waals surface area (Å²) in [5.74, 6) is -0.323. The molecule has 0 radical (unpaired) electrons. The third-order valence-electron chi connectivity index (χ3n) is 6.00. The monoisotopic (exact) mass is 472 g/mol. The van der Waals surface area contributed by atoms with Gasteiger partial charge in [0, 0.05) is 37.6 Å². The highest BCUT2D eigenvalue weighted by Crippen LogP contribution is 2.32. The van der Waals surface area contributed by atoms with Crippen LogP contribution in [0.4, 0.5) is 5.69 Å². The predicted molar refractivity (Wildman–Crippen MR) is 130 cm³/mol. The second-order valence-electron chi connectivity index (χ2n) is 8.17. The Kier molecular flexibility index (Phi) is 5.90. The van der Waals surface area contributed by atoms with Crippen molar-refractivity contribution in [3.8, 4) is 0 Å². The maximum Gasteiger partial charge on any atom is 0.264 e. The molecule has 1 aliphatic rings. The molecule has 8 heteroatoms. The number of aromatic nitrogens is 2. The van der Waals surface area contributed by atoms with Gasteiger partial charge in [-0.05, 0) is 47.4 Å². The van der Waals surface area contributed by atoms with E-state index in [9.17, 15) is 13.2 Å². The van der Waals surface area contributed by atoms with Gasteiger partial charge >= 0.3 is 0 Å². The second-order valence-corrected chi connectivity index (χ2v) is 10.0. The molecule has 1 amide bonds. The molecule has 0 saturated heterocycles. The highest BCUT2D eigenvalue weighted by atomic mass is 32.2. The number of carbonyl (C=O) groups is 1. The quantitative estimate of drug-likeness (QED) is 0.445. The van der Waals surface area contributed by atoms with Gasteiger partial charge in [-0.15, -0.1) is 0 Å². The van der Waals surface area contributed by atoms with Gasteiger partial charge in [0.25, 0.3) is 15.9 Å². The lowest BCUT2D eigenvalue weighted by atomic mass is 10.1. The lowest BCUT2D eigenvalue weighted by molar-refractivity contribution is 0.0950. The van der Waals surface area contributed by atoms with Crippen LogP contribution in [-0.4, -0.2) is 30.4 Å². The Morgan fingerprint density at radius 2 is 1.76 bits per heavy atom. The fourth-order valence-corrected chi connectivity index (χ4v) is 5.77. The van der Waals surface area contributed by atoms with E-state index >= 15 is 0 Å². The standard InChI is InChI=1S/C26H24N4O3S/c31-26(28-17-22-7-1-2-8-23(22)18-29-15-13-27-19-29)21-9-5-10-24(16-21)34(32,33)30-14-12-20-6-3-4-11-25(20)30/h1-11,13,15-16,19H,12,14,17-18H2,(H,28,31). The van der Waals surface area contributed by atoms with Crippen molar-refractivity contribution in [3.63, 3.8) is 0 Å². The van der Waals surface area contributed by atoms with E-state index in [1.165, 1.54) is 16.4 Å². The molecule has 172 valence electrons. The molecule has 3 aromatic carbocycles. The van der Waals surface area contributed by atoms with Gasteiger partial charge in [-0.1, -0.05) is 48.5 Å². The van der Waals surface area contributed by atoms with E-state index in [1.807, 2.05) is 59.3 Å². The number of imidazole rings is 1. The van der Waals surface area contributed by atoms with Crippen molar-refractivity contribution >= 4 is 21.6 Å². The maximum absolute atomic E-state index is 13.3. The zero-order valence-electron chi connectivity index (χ0n) is 18.5. The van der Waals surface area contributed by atoms with Crippen LogP contribution < -0.4 is 9.62 Å². The van der Waals surface area contributed by atoms with Gasteiger partial charge in [-0.2, -0.15) is 0 Å². The smallest absolute Gasteiger partial charge is 0.264 e. The molecule has 2 heterocycles. The van der Waals surface area contributed by atoms with Gasteiger partial charge in [0.15, 0.2) is 0 Å². The first kappa shape index (κ1) is 21.9. The van der Waals surface area contributed by atoms with E-state index in [1.54, 1.807) is 24.7 Å². The van der Waals surface area contributed by atoms with Crippen LogP contribution in [0.15, 0.2) is 96.4 Å². The normalized spacial score (nSPS) is 13.0. The summed E-state index contributed by atoms with van der Waals surface area (Å²) in [6, 6.07) is 21.6. The highest BCUT2D eigenvalue weighted by Gasteiger charge is 2.30. The molecule has 34 heavy (non-hydrogen) atoms. The summed E-state index contributed by atoms with van der Waals surface area (Å²) in [5.41, 5.74) is 4.08. The zero-order valence-corrected chi connectivity index (χ0v) is 19.3. The third kappa shape index (κ3) is 4.32. The first-order valence-electron chi connectivity index (χ1n) is 11.0. The Balaban J connectivity index is 1.32.